The fraction of sp³-hybridized carbons (Fsp3) is 0.909. The normalized spacial score (nSPS) is 23.7. The number of ether oxygens (including phenoxy) is 2. The molecular weight excluding hydrogens is 236 g/mol. The van der Waals surface area contributed by atoms with Crippen LogP contribution in [-0.4, -0.2) is 48.9 Å². The van der Waals surface area contributed by atoms with E-state index in [1.165, 1.54) is 0 Å². The summed E-state index contributed by atoms with van der Waals surface area (Å²) < 4.78 is 10.7. The van der Waals surface area contributed by atoms with E-state index < -0.39 is 11.2 Å². The van der Waals surface area contributed by atoms with Gasteiger partial charge in [-0.3, -0.25) is 0 Å². The number of azide groups is 1. The average molecular weight is 256 g/mol. The molecule has 0 saturated carbocycles. The quantitative estimate of drug-likeness (QED) is 0.441. The summed E-state index contributed by atoms with van der Waals surface area (Å²) in [5.74, 6) is 0. The topological polar surface area (TPSA) is 87.5 Å². The van der Waals surface area contributed by atoms with E-state index in [4.69, 9.17) is 15.0 Å². The minimum absolute atomic E-state index is 0.222. The summed E-state index contributed by atoms with van der Waals surface area (Å²) in [6.45, 7) is 6.62. The molecule has 0 radical (unpaired) electrons. The minimum Gasteiger partial charge on any atom is -0.444 e. The Hall–Kier alpha value is -1.46. The largest absolute Gasteiger partial charge is 0.444 e. The highest BCUT2D eigenvalue weighted by molar-refractivity contribution is 5.68. The zero-order chi connectivity index (χ0) is 13.8. The minimum atomic E-state index is -0.580. The van der Waals surface area contributed by atoms with Gasteiger partial charge in [0.25, 0.3) is 0 Å². The Balaban J connectivity index is 2.63. The van der Waals surface area contributed by atoms with Crippen LogP contribution in [0.25, 0.3) is 10.4 Å². The molecule has 1 atom stereocenters. The molecule has 1 amide bonds. The zero-order valence-electron chi connectivity index (χ0n) is 11.3. The van der Waals surface area contributed by atoms with Crippen molar-refractivity contribution in [1.29, 1.82) is 0 Å². The molecule has 102 valence electrons. The highest BCUT2D eigenvalue weighted by Gasteiger charge is 2.41. The molecule has 1 saturated heterocycles. The molecule has 0 aromatic heterocycles. The van der Waals surface area contributed by atoms with Crippen molar-refractivity contribution >= 4 is 6.09 Å². The van der Waals surface area contributed by atoms with Gasteiger partial charge in [0.2, 0.25) is 0 Å². The van der Waals surface area contributed by atoms with Gasteiger partial charge in [-0.15, -0.1) is 0 Å². The number of nitrogens with zero attached hydrogens (tertiary/aromatic N) is 4. The first-order valence-electron chi connectivity index (χ1n) is 5.86. The molecule has 7 nitrogen and oxygen atoms in total. The number of likely N-dealkylation sites (tertiary alicyclic amines) is 1. The Labute approximate surface area is 107 Å². The molecule has 1 unspecified atom stereocenters. The van der Waals surface area contributed by atoms with Crippen LogP contribution in [0.4, 0.5) is 4.79 Å². The van der Waals surface area contributed by atoms with Crippen molar-refractivity contribution in [1.82, 2.24) is 4.90 Å². The van der Waals surface area contributed by atoms with Crippen LogP contribution in [0.5, 0.6) is 0 Å². The van der Waals surface area contributed by atoms with Crippen LogP contribution in [0.15, 0.2) is 5.11 Å². The molecule has 1 aliphatic heterocycles. The molecule has 1 heterocycles. The fourth-order valence-corrected chi connectivity index (χ4v) is 1.85. The highest BCUT2D eigenvalue weighted by Crippen LogP contribution is 2.26. The average Bonchev–Trinajstić information content (AvgIpc) is 2.69. The number of carbonyl (C=O) groups is 1. The summed E-state index contributed by atoms with van der Waals surface area (Å²) in [5.41, 5.74) is 7.27. The number of hydrogen-bond donors (Lipinski definition) is 0. The number of methoxy groups -OCH3 is 1. The van der Waals surface area contributed by atoms with Gasteiger partial charge < -0.3 is 14.4 Å². The standard InChI is InChI=1S/C11H20N4O3/c1-10(2,3)18-9(16)15-6-5-11(8-15,17-4)7-13-14-12/h5-8H2,1-4H3. The maximum Gasteiger partial charge on any atom is 0.410 e. The molecule has 1 fully saturated rings. The first-order valence-corrected chi connectivity index (χ1v) is 5.86. The van der Waals surface area contributed by atoms with E-state index in [1.807, 2.05) is 20.8 Å². The third-order valence-electron chi connectivity index (χ3n) is 2.82. The Morgan fingerprint density at radius 1 is 1.56 bits per heavy atom. The van der Waals surface area contributed by atoms with Crippen molar-refractivity contribution in [2.75, 3.05) is 26.7 Å². The Morgan fingerprint density at radius 3 is 2.72 bits per heavy atom. The van der Waals surface area contributed by atoms with Crippen LogP contribution in [0, 0.1) is 0 Å². The predicted molar refractivity (Wildman–Crippen MR) is 66.2 cm³/mol. The zero-order valence-corrected chi connectivity index (χ0v) is 11.3. The number of carbonyl (C=O) groups excluding carboxylic acids is 1. The van der Waals surface area contributed by atoms with Gasteiger partial charge in [-0.1, -0.05) is 5.11 Å². The first-order chi connectivity index (χ1) is 8.32. The summed E-state index contributed by atoms with van der Waals surface area (Å²) in [6, 6.07) is 0. The molecule has 1 rings (SSSR count). The number of rotatable bonds is 3. The van der Waals surface area contributed by atoms with E-state index >= 15 is 0 Å². The second kappa shape index (κ2) is 5.46. The first kappa shape index (κ1) is 14.6. The lowest BCUT2D eigenvalue weighted by molar-refractivity contribution is -0.00366. The van der Waals surface area contributed by atoms with Crippen molar-refractivity contribution < 1.29 is 14.3 Å². The molecule has 7 heteroatoms. The highest BCUT2D eigenvalue weighted by atomic mass is 16.6. The third kappa shape index (κ3) is 3.78. The molecule has 0 aliphatic carbocycles. The van der Waals surface area contributed by atoms with Crippen LogP contribution in [0.3, 0.4) is 0 Å². The summed E-state index contributed by atoms with van der Waals surface area (Å²) in [5, 5.41) is 3.54. The number of hydrogen-bond acceptors (Lipinski definition) is 4. The van der Waals surface area contributed by atoms with E-state index in [9.17, 15) is 4.79 Å². The van der Waals surface area contributed by atoms with Crippen molar-refractivity contribution in [3.63, 3.8) is 0 Å². The van der Waals surface area contributed by atoms with Crippen molar-refractivity contribution in [3.8, 4) is 0 Å². The van der Waals surface area contributed by atoms with Gasteiger partial charge >= 0.3 is 6.09 Å². The van der Waals surface area contributed by atoms with Crippen LogP contribution in [0.2, 0.25) is 0 Å². The van der Waals surface area contributed by atoms with Gasteiger partial charge in [-0.25, -0.2) is 4.79 Å². The van der Waals surface area contributed by atoms with Crippen LogP contribution in [-0.2, 0) is 9.47 Å². The Kier molecular flexibility index (Phi) is 4.43. The van der Waals surface area contributed by atoms with Gasteiger partial charge in [-0.2, -0.15) is 0 Å². The van der Waals surface area contributed by atoms with Gasteiger partial charge in [-0.05, 0) is 32.7 Å². The fourth-order valence-electron chi connectivity index (χ4n) is 1.85. The monoisotopic (exact) mass is 256 g/mol. The number of amides is 1. The smallest absolute Gasteiger partial charge is 0.410 e. The maximum absolute atomic E-state index is 11.9. The molecule has 18 heavy (non-hydrogen) atoms. The van der Waals surface area contributed by atoms with Crippen LogP contribution < -0.4 is 0 Å². The summed E-state index contributed by atoms with van der Waals surface area (Å²) in [4.78, 5) is 16.2. The Morgan fingerprint density at radius 2 is 2.22 bits per heavy atom. The lowest BCUT2D eigenvalue weighted by Gasteiger charge is -2.27. The molecular formula is C11H20N4O3. The third-order valence-corrected chi connectivity index (χ3v) is 2.82. The van der Waals surface area contributed by atoms with Crippen molar-refractivity contribution in [2.24, 2.45) is 5.11 Å². The van der Waals surface area contributed by atoms with Gasteiger partial charge in [0, 0.05) is 18.6 Å². The summed E-state index contributed by atoms with van der Waals surface area (Å²) in [6.07, 6.45) is 0.282. The van der Waals surface area contributed by atoms with E-state index in [0.717, 1.165) is 0 Å². The van der Waals surface area contributed by atoms with E-state index in [0.29, 0.717) is 19.5 Å². The van der Waals surface area contributed by atoms with E-state index in [2.05, 4.69) is 10.0 Å². The SMILES string of the molecule is COC1(CN=[N+]=[N-])CCN(C(=O)OC(C)(C)C)C1. The Bertz CT molecular complexity index is 360. The maximum atomic E-state index is 11.9. The van der Waals surface area contributed by atoms with Crippen LogP contribution >= 0.6 is 0 Å². The van der Waals surface area contributed by atoms with E-state index in [-0.39, 0.29) is 12.6 Å². The van der Waals surface area contributed by atoms with Gasteiger partial charge in [0.1, 0.15) is 5.60 Å². The molecule has 0 N–H and O–H groups in total. The van der Waals surface area contributed by atoms with Gasteiger partial charge in [0.15, 0.2) is 0 Å². The lowest BCUT2D eigenvalue weighted by Crippen LogP contribution is -2.41. The molecule has 0 bridgehead atoms. The second-order valence-corrected chi connectivity index (χ2v) is 5.43. The van der Waals surface area contributed by atoms with Crippen molar-refractivity contribution in [2.45, 2.75) is 38.4 Å². The molecule has 0 spiro atoms. The van der Waals surface area contributed by atoms with Gasteiger partial charge in [0.05, 0.1) is 18.7 Å². The lowest BCUT2D eigenvalue weighted by atomic mass is 10.0. The summed E-state index contributed by atoms with van der Waals surface area (Å²) in [7, 11) is 1.56. The second-order valence-electron chi connectivity index (χ2n) is 5.43. The van der Waals surface area contributed by atoms with E-state index in [1.54, 1.807) is 12.0 Å². The molecule has 0 aromatic carbocycles. The summed E-state index contributed by atoms with van der Waals surface area (Å²) >= 11 is 0. The van der Waals surface area contributed by atoms with Crippen LogP contribution in [0.1, 0.15) is 27.2 Å². The predicted octanol–water partition coefficient (Wildman–Crippen LogP) is 2.32. The molecule has 1 aliphatic rings. The molecule has 0 aromatic rings. The van der Waals surface area contributed by atoms with Crippen molar-refractivity contribution in [3.05, 3.63) is 10.4 Å².